The Morgan fingerprint density at radius 2 is 0.806 bits per heavy atom. The molecule has 0 N–H and O–H groups in total. The zero-order valence-electron chi connectivity index (χ0n) is 35.9. The van der Waals surface area contributed by atoms with Crippen molar-refractivity contribution in [2.45, 2.75) is 0 Å². The van der Waals surface area contributed by atoms with E-state index in [1.54, 1.807) is 0 Å². The molecular formula is C62H35N3O2. The van der Waals surface area contributed by atoms with Crippen molar-refractivity contribution in [2.75, 3.05) is 0 Å². The second kappa shape index (κ2) is 15.1. The van der Waals surface area contributed by atoms with Gasteiger partial charge in [-0.25, -0.2) is 0 Å². The van der Waals surface area contributed by atoms with Crippen LogP contribution in [0.15, 0.2) is 221 Å². The molecule has 5 heteroatoms. The normalized spacial score (nSPS) is 11.6. The highest BCUT2D eigenvalue weighted by Gasteiger charge is 2.34. The highest BCUT2D eigenvalue weighted by Crippen LogP contribution is 2.56. The molecule has 0 radical (unpaired) electrons. The highest BCUT2D eigenvalue weighted by atomic mass is 16.3. The van der Waals surface area contributed by atoms with Gasteiger partial charge in [0, 0.05) is 54.6 Å². The Labute approximate surface area is 384 Å². The SMILES string of the molecule is N#Cc1c(-n2c3ccccc3c3cc4oc5ccccc5c4cc32)c(-c2ccccc2)c(C#N)c2c1oc1c(-c3ccccc3)c(-c3ccccc3)c(-c3ccccc3)c(-c3ccccc3)c12. The van der Waals surface area contributed by atoms with Crippen LogP contribution in [0.1, 0.15) is 11.1 Å². The number of aromatic nitrogens is 1. The molecule has 0 fully saturated rings. The lowest BCUT2D eigenvalue weighted by Crippen LogP contribution is -2.04. The van der Waals surface area contributed by atoms with Crippen LogP contribution < -0.4 is 0 Å². The van der Waals surface area contributed by atoms with Crippen LogP contribution in [0.5, 0.6) is 0 Å². The zero-order valence-corrected chi connectivity index (χ0v) is 35.9. The molecule has 0 unspecified atom stereocenters. The largest absolute Gasteiger partial charge is 0.456 e. The summed E-state index contributed by atoms with van der Waals surface area (Å²) in [6.07, 6.45) is 0. The molecule has 0 aliphatic rings. The topological polar surface area (TPSA) is 78.8 Å². The van der Waals surface area contributed by atoms with E-state index in [-0.39, 0.29) is 0 Å². The van der Waals surface area contributed by atoms with Crippen LogP contribution in [0.4, 0.5) is 0 Å². The monoisotopic (exact) mass is 853 g/mol. The third-order valence-corrected chi connectivity index (χ3v) is 13.3. The lowest BCUT2D eigenvalue weighted by Gasteiger charge is -2.22. The predicted octanol–water partition coefficient (Wildman–Crippen LogP) is 16.7. The Kier molecular flexibility index (Phi) is 8.58. The fraction of sp³-hybridized carbons (Fsp3) is 0. The first-order valence-electron chi connectivity index (χ1n) is 22.3. The molecule has 5 nitrogen and oxygen atoms in total. The molecule has 3 aromatic heterocycles. The minimum atomic E-state index is 0.324. The van der Waals surface area contributed by atoms with Gasteiger partial charge in [0.2, 0.25) is 0 Å². The number of nitriles is 2. The molecule has 0 bridgehead atoms. The maximum Gasteiger partial charge on any atom is 0.156 e. The van der Waals surface area contributed by atoms with Crippen LogP contribution in [0.3, 0.4) is 0 Å². The van der Waals surface area contributed by atoms with Gasteiger partial charge in [0.1, 0.15) is 34.5 Å². The van der Waals surface area contributed by atoms with E-state index in [0.717, 1.165) is 99.2 Å². The first-order chi connectivity index (χ1) is 33.2. The van der Waals surface area contributed by atoms with Crippen LogP contribution >= 0.6 is 0 Å². The third-order valence-electron chi connectivity index (χ3n) is 13.3. The molecule has 0 spiro atoms. The molecular weight excluding hydrogens is 819 g/mol. The van der Waals surface area contributed by atoms with Crippen LogP contribution in [0.25, 0.3) is 127 Å². The Morgan fingerprint density at radius 1 is 0.328 bits per heavy atom. The van der Waals surface area contributed by atoms with Crippen LogP contribution in [-0.2, 0) is 0 Å². The van der Waals surface area contributed by atoms with Gasteiger partial charge in [-0.1, -0.05) is 188 Å². The van der Waals surface area contributed by atoms with Gasteiger partial charge in [0.15, 0.2) is 5.58 Å². The highest BCUT2D eigenvalue weighted by molar-refractivity contribution is 6.27. The molecule has 0 amide bonds. The number of rotatable bonds is 6. The van der Waals surface area contributed by atoms with E-state index in [0.29, 0.717) is 38.9 Å². The summed E-state index contributed by atoms with van der Waals surface area (Å²) in [5.74, 6) is 0. The van der Waals surface area contributed by atoms with Gasteiger partial charge < -0.3 is 13.4 Å². The Hall–Kier alpha value is -9.42. The number of hydrogen-bond acceptors (Lipinski definition) is 4. The van der Waals surface area contributed by atoms with Crippen molar-refractivity contribution in [1.29, 1.82) is 10.5 Å². The summed E-state index contributed by atoms with van der Waals surface area (Å²) in [4.78, 5) is 0. The van der Waals surface area contributed by atoms with Gasteiger partial charge >= 0.3 is 0 Å². The fourth-order valence-electron chi connectivity index (χ4n) is 10.5. The van der Waals surface area contributed by atoms with Crippen molar-refractivity contribution >= 4 is 65.7 Å². The van der Waals surface area contributed by atoms with Gasteiger partial charge in [-0.05, 0) is 57.6 Å². The average molecular weight is 854 g/mol. The number of nitrogens with zero attached hydrogens (tertiary/aromatic N) is 3. The molecule has 0 saturated carbocycles. The Bertz CT molecular complexity index is 4190. The minimum Gasteiger partial charge on any atom is -0.456 e. The summed E-state index contributed by atoms with van der Waals surface area (Å²) in [6.45, 7) is 0. The average Bonchev–Trinajstić information content (AvgIpc) is 4.07. The number of hydrogen-bond donors (Lipinski definition) is 0. The number of fused-ring (bicyclic) bond motifs is 9. The molecule has 310 valence electrons. The van der Waals surface area contributed by atoms with Crippen LogP contribution in [-0.4, -0.2) is 4.57 Å². The van der Waals surface area contributed by atoms with E-state index < -0.39 is 0 Å². The van der Waals surface area contributed by atoms with E-state index >= 15 is 0 Å². The first-order valence-corrected chi connectivity index (χ1v) is 22.3. The molecule has 0 saturated heterocycles. The summed E-state index contributed by atoms with van der Waals surface area (Å²) in [7, 11) is 0. The Balaban J connectivity index is 1.31. The number of para-hydroxylation sites is 2. The molecule has 3 heterocycles. The molecule has 67 heavy (non-hydrogen) atoms. The number of benzene rings is 10. The van der Waals surface area contributed by atoms with Crippen LogP contribution in [0.2, 0.25) is 0 Å². The van der Waals surface area contributed by atoms with E-state index in [2.05, 4.69) is 120 Å². The zero-order chi connectivity index (χ0) is 44.6. The van der Waals surface area contributed by atoms with Gasteiger partial charge in [0.05, 0.1) is 22.3 Å². The minimum absolute atomic E-state index is 0.324. The van der Waals surface area contributed by atoms with Gasteiger partial charge in [-0.2, -0.15) is 10.5 Å². The summed E-state index contributed by atoms with van der Waals surface area (Å²) >= 11 is 0. The summed E-state index contributed by atoms with van der Waals surface area (Å²) < 4.78 is 16.1. The Morgan fingerprint density at radius 3 is 1.39 bits per heavy atom. The summed E-state index contributed by atoms with van der Waals surface area (Å²) in [5, 5.41) is 29.2. The number of furan rings is 2. The molecule has 0 atom stereocenters. The van der Waals surface area contributed by atoms with Gasteiger partial charge in [-0.15, -0.1) is 0 Å². The van der Waals surface area contributed by atoms with Crippen molar-refractivity contribution in [3.8, 4) is 73.5 Å². The van der Waals surface area contributed by atoms with Crippen LogP contribution in [0, 0.1) is 22.7 Å². The summed E-state index contributed by atoms with van der Waals surface area (Å²) in [6, 6.07) is 77.7. The second-order valence-corrected chi connectivity index (χ2v) is 16.9. The van der Waals surface area contributed by atoms with E-state index in [4.69, 9.17) is 8.83 Å². The summed E-state index contributed by atoms with van der Waals surface area (Å²) in [5.41, 5.74) is 14.7. The first kappa shape index (κ1) is 38.1. The molecule has 13 aromatic rings. The maximum atomic E-state index is 12.0. The van der Waals surface area contributed by atoms with Crippen molar-refractivity contribution in [2.24, 2.45) is 0 Å². The van der Waals surface area contributed by atoms with Gasteiger partial charge in [0.25, 0.3) is 0 Å². The predicted molar refractivity (Wildman–Crippen MR) is 272 cm³/mol. The van der Waals surface area contributed by atoms with Crippen molar-refractivity contribution in [3.05, 3.63) is 223 Å². The lowest BCUT2D eigenvalue weighted by molar-refractivity contribution is 0.668. The van der Waals surface area contributed by atoms with E-state index in [1.807, 2.05) is 109 Å². The standard InChI is InChI=1S/C62H35N3O2/c63-36-47-53(38-20-6-1-7-21-38)60(65-49-32-18-16-30-43(49)45-35-52-46(34-50(45)65)44-31-17-19-33-51(44)66-52)48(37-64)61-58(47)59-56(41-26-12-4-13-27-41)54(39-22-8-2-9-23-39)55(40-24-10-3-11-25-40)57(62(59)67-61)42-28-14-5-15-29-42/h1-35H. The lowest BCUT2D eigenvalue weighted by atomic mass is 9.79. The third kappa shape index (κ3) is 5.66. The van der Waals surface area contributed by atoms with Crippen molar-refractivity contribution < 1.29 is 8.83 Å². The van der Waals surface area contributed by atoms with Crippen molar-refractivity contribution in [3.63, 3.8) is 0 Å². The van der Waals surface area contributed by atoms with Crippen molar-refractivity contribution in [1.82, 2.24) is 4.57 Å². The molecule has 13 rings (SSSR count). The molecule has 0 aliphatic heterocycles. The van der Waals surface area contributed by atoms with Gasteiger partial charge in [-0.3, -0.25) is 0 Å². The molecule has 0 aliphatic carbocycles. The smallest absolute Gasteiger partial charge is 0.156 e. The quantitative estimate of drug-likeness (QED) is 0.167. The fourth-order valence-corrected chi connectivity index (χ4v) is 10.5. The maximum absolute atomic E-state index is 12.0. The van der Waals surface area contributed by atoms with E-state index in [9.17, 15) is 10.5 Å². The second-order valence-electron chi connectivity index (χ2n) is 16.9. The molecule has 10 aromatic carbocycles. The van der Waals surface area contributed by atoms with E-state index in [1.165, 1.54) is 0 Å².